The Morgan fingerprint density at radius 3 is 3.04 bits per heavy atom. The molecule has 1 fully saturated rings. The molecule has 8 heteroatoms. The van der Waals surface area contributed by atoms with E-state index in [1.54, 1.807) is 6.92 Å². The average molecular weight is 338 g/mol. The molecule has 0 bridgehead atoms. The Hall–Kier alpha value is -1.80. The molecule has 1 amide bonds. The first-order valence-electron chi connectivity index (χ1n) is 7.52. The number of rotatable bonds is 5. The summed E-state index contributed by atoms with van der Waals surface area (Å²) in [6, 6.07) is 1.85. The molecule has 1 N–H and O–H groups in total. The lowest BCUT2D eigenvalue weighted by molar-refractivity contribution is 0.0943. The van der Waals surface area contributed by atoms with Crippen LogP contribution in [0.5, 0.6) is 0 Å². The van der Waals surface area contributed by atoms with Crippen LogP contribution in [-0.2, 0) is 6.54 Å². The number of thiophene rings is 1. The summed E-state index contributed by atoms with van der Waals surface area (Å²) in [6.45, 7) is 4.79. The molecule has 0 aliphatic carbocycles. The SMILES string of the molecule is Cc1nc(CN2C[C@@H](F)C[C@H]2CNC(=O)c2sccc2C)no1. The molecule has 0 spiro atoms. The van der Waals surface area contributed by atoms with Crippen molar-refractivity contribution in [3.8, 4) is 0 Å². The Labute approximate surface area is 137 Å². The molecule has 1 aliphatic rings. The molecule has 23 heavy (non-hydrogen) atoms. The molecule has 0 unspecified atom stereocenters. The lowest BCUT2D eigenvalue weighted by Gasteiger charge is -2.22. The second-order valence-electron chi connectivity index (χ2n) is 5.79. The Balaban J connectivity index is 1.59. The van der Waals surface area contributed by atoms with Gasteiger partial charge in [-0.05, 0) is 30.4 Å². The standard InChI is InChI=1S/C15H19FN4O2S/c1-9-3-4-23-14(9)15(21)17-6-12-5-11(16)7-20(12)8-13-18-10(2)22-19-13/h3-4,11-12H,5-8H2,1-2H3,(H,17,21)/t11-,12-/m0/s1. The van der Waals surface area contributed by atoms with E-state index in [4.69, 9.17) is 4.52 Å². The van der Waals surface area contributed by atoms with E-state index in [9.17, 15) is 9.18 Å². The lowest BCUT2D eigenvalue weighted by atomic mass is 10.2. The molecule has 3 heterocycles. The summed E-state index contributed by atoms with van der Waals surface area (Å²) in [5, 5.41) is 8.65. The third-order valence-electron chi connectivity index (χ3n) is 3.96. The number of aryl methyl sites for hydroxylation is 2. The van der Waals surface area contributed by atoms with Crippen LogP contribution in [0.3, 0.4) is 0 Å². The number of carbonyl (C=O) groups is 1. The number of hydrogen-bond donors (Lipinski definition) is 1. The third-order valence-corrected chi connectivity index (χ3v) is 4.97. The van der Waals surface area contributed by atoms with E-state index in [0.717, 1.165) is 5.56 Å². The van der Waals surface area contributed by atoms with Crippen molar-refractivity contribution in [3.05, 3.63) is 33.6 Å². The van der Waals surface area contributed by atoms with Gasteiger partial charge in [-0.1, -0.05) is 5.16 Å². The topological polar surface area (TPSA) is 71.3 Å². The average Bonchev–Trinajstić information content (AvgIpc) is 3.18. The van der Waals surface area contributed by atoms with E-state index in [1.807, 2.05) is 23.3 Å². The second kappa shape index (κ2) is 6.76. The Morgan fingerprint density at radius 2 is 2.39 bits per heavy atom. The van der Waals surface area contributed by atoms with E-state index in [2.05, 4.69) is 15.5 Å². The van der Waals surface area contributed by atoms with E-state index < -0.39 is 6.17 Å². The van der Waals surface area contributed by atoms with E-state index >= 15 is 0 Å². The number of alkyl halides is 1. The minimum Gasteiger partial charge on any atom is -0.350 e. The van der Waals surface area contributed by atoms with Crippen LogP contribution in [0, 0.1) is 13.8 Å². The van der Waals surface area contributed by atoms with E-state index in [-0.39, 0.29) is 11.9 Å². The number of nitrogens with zero attached hydrogens (tertiary/aromatic N) is 3. The number of aromatic nitrogens is 2. The van der Waals surface area contributed by atoms with Crippen molar-refractivity contribution >= 4 is 17.2 Å². The maximum absolute atomic E-state index is 13.8. The maximum atomic E-state index is 13.8. The fourth-order valence-corrected chi connectivity index (χ4v) is 3.65. The van der Waals surface area contributed by atoms with Crippen molar-refractivity contribution < 1.29 is 13.7 Å². The largest absolute Gasteiger partial charge is 0.350 e. The van der Waals surface area contributed by atoms with Crippen molar-refractivity contribution in [1.82, 2.24) is 20.4 Å². The summed E-state index contributed by atoms with van der Waals surface area (Å²) in [5.74, 6) is 0.936. The first-order chi connectivity index (χ1) is 11.0. The van der Waals surface area contributed by atoms with Gasteiger partial charge >= 0.3 is 0 Å². The summed E-state index contributed by atoms with van der Waals surface area (Å²) < 4.78 is 18.7. The number of hydrogen-bond acceptors (Lipinski definition) is 6. The van der Waals surface area contributed by atoms with Crippen molar-refractivity contribution in [3.63, 3.8) is 0 Å². The van der Waals surface area contributed by atoms with Crippen LogP contribution in [0.1, 0.15) is 33.4 Å². The summed E-state index contributed by atoms with van der Waals surface area (Å²) in [5.41, 5.74) is 0.960. The van der Waals surface area contributed by atoms with Crippen LogP contribution in [0.2, 0.25) is 0 Å². The molecule has 2 aromatic rings. The van der Waals surface area contributed by atoms with Gasteiger partial charge in [-0.25, -0.2) is 4.39 Å². The molecule has 2 atom stereocenters. The van der Waals surface area contributed by atoms with Gasteiger partial charge in [0.25, 0.3) is 5.91 Å². The van der Waals surface area contributed by atoms with Gasteiger partial charge in [0.1, 0.15) is 6.17 Å². The molecule has 2 aromatic heterocycles. The minimum atomic E-state index is -0.895. The molecule has 3 rings (SSSR count). The van der Waals surface area contributed by atoms with Gasteiger partial charge in [-0.3, -0.25) is 9.69 Å². The minimum absolute atomic E-state index is 0.0620. The van der Waals surface area contributed by atoms with Crippen molar-refractivity contribution in [2.45, 2.75) is 39.0 Å². The quantitative estimate of drug-likeness (QED) is 0.904. The van der Waals surface area contributed by atoms with Crippen LogP contribution >= 0.6 is 11.3 Å². The molecule has 6 nitrogen and oxygen atoms in total. The summed E-state index contributed by atoms with van der Waals surface area (Å²) in [7, 11) is 0. The molecule has 0 saturated carbocycles. The van der Waals surface area contributed by atoms with Crippen LogP contribution in [0.15, 0.2) is 16.0 Å². The fraction of sp³-hybridized carbons (Fsp3) is 0.533. The number of nitrogens with one attached hydrogen (secondary N) is 1. The predicted octanol–water partition coefficient (Wildman–Crippen LogP) is 2.09. The highest BCUT2D eigenvalue weighted by Gasteiger charge is 2.33. The van der Waals surface area contributed by atoms with Crippen LogP contribution in [0.25, 0.3) is 0 Å². The molecule has 1 saturated heterocycles. The summed E-state index contributed by atoms with van der Waals surface area (Å²) in [6.07, 6.45) is -0.492. The van der Waals surface area contributed by atoms with Gasteiger partial charge in [-0.2, -0.15) is 4.98 Å². The number of halogens is 1. The Bertz CT molecular complexity index is 687. The smallest absolute Gasteiger partial charge is 0.261 e. The Kier molecular flexibility index (Phi) is 4.72. The second-order valence-corrected chi connectivity index (χ2v) is 6.70. The highest BCUT2D eigenvalue weighted by molar-refractivity contribution is 7.12. The zero-order chi connectivity index (χ0) is 16.4. The van der Waals surface area contributed by atoms with Crippen LogP contribution in [-0.4, -0.2) is 46.3 Å². The van der Waals surface area contributed by atoms with Crippen molar-refractivity contribution in [1.29, 1.82) is 0 Å². The molecule has 0 aromatic carbocycles. The number of carbonyl (C=O) groups excluding carboxylic acids is 1. The van der Waals surface area contributed by atoms with Crippen molar-refractivity contribution in [2.24, 2.45) is 0 Å². The van der Waals surface area contributed by atoms with Crippen molar-refractivity contribution in [2.75, 3.05) is 13.1 Å². The van der Waals surface area contributed by atoms with E-state index in [1.165, 1.54) is 11.3 Å². The highest BCUT2D eigenvalue weighted by atomic mass is 32.1. The predicted molar refractivity (Wildman–Crippen MR) is 84.1 cm³/mol. The molecule has 124 valence electrons. The third kappa shape index (κ3) is 3.76. The van der Waals surface area contributed by atoms with Gasteiger partial charge in [0.05, 0.1) is 11.4 Å². The lowest BCUT2D eigenvalue weighted by Crippen LogP contribution is -2.40. The van der Waals surface area contributed by atoms with Gasteiger partial charge < -0.3 is 9.84 Å². The van der Waals surface area contributed by atoms with Gasteiger partial charge in [0.2, 0.25) is 5.89 Å². The zero-order valence-electron chi connectivity index (χ0n) is 13.1. The normalized spacial score (nSPS) is 21.7. The first-order valence-corrected chi connectivity index (χ1v) is 8.40. The fourth-order valence-electron chi connectivity index (χ4n) is 2.81. The number of amides is 1. The molecule has 1 aliphatic heterocycles. The molecular weight excluding hydrogens is 319 g/mol. The monoisotopic (exact) mass is 338 g/mol. The highest BCUT2D eigenvalue weighted by Crippen LogP contribution is 2.22. The zero-order valence-corrected chi connectivity index (χ0v) is 13.9. The maximum Gasteiger partial charge on any atom is 0.261 e. The molecular formula is C15H19FN4O2S. The Morgan fingerprint density at radius 1 is 1.57 bits per heavy atom. The first kappa shape index (κ1) is 16.1. The molecule has 0 radical (unpaired) electrons. The van der Waals surface area contributed by atoms with Crippen LogP contribution < -0.4 is 5.32 Å². The van der Waals surface area contributed by atoms with Gasteiger partial charge in [-0.15, -0.1) is 11.3 Å². The number of likely N-dealkylation sites (tertiary alicyclic amines) is 1. The van der Waals surface area contributed by atoms with Crippen LogP contribution in [0.4, 0.5) is 4.39 Å². The van der Waals surface area contributed by atoms with Gasteiger partial charge in [0.15, 0.2) is 5.82 Å². The summed E-state index contributed by atoms with van der Waals surface area (Å²) >= 11 is 1.41. The summed E-state index contributed by atoms with van der Waals surface area (Å²) in [4.78, 5) is 19.0. The van der Waals surface area contributed by atoms with E-state index in [0.29, 0.717) is 42.6 Å². The van der Waals surface area contributed by atoms with Gasteiger partial charge in [0, 0.05) is 26.1 Å².